The van der Waals surface area contributed by atoms with Crippen LogP contribution in [-0.2, 0) is 21.7 Å². The lowest BCUT2D eigenvalue weighted by molar-refractivity contribution is 0.424. The van der Waals surface area contributed by atoms with Gasteiger partial charge in [0, 0.05) is 21.7 Å². The Bertz CT molecular complexity index is 6640. The van der Waals surface area contributed by atoms with Crippen LogP contribution in [0.4, 0.5) is 0 Å². The Morgan fingerprint density at radius 1 is 0.129 bits per heavy atom. The first-order valence-electron chi connectivity index (χ1n) is 23.9. The van der Waals surface area contributed by atoms with Gasteiger partial charge in [0.1, 0.15) is 0 Å². The summed E-state index contributed by atoms with van der Waals surface area (Å²) in [6.45, 7) is 0. The zero-order valence-corrected chi connectivity index (χ0v) is 31.4. The minimum absolute atomic E-state index is 0.111. The Labute approximate surface area is 335 Å². The van der Waals surface area contributed by atoms with Crippen molar-refractivity contribution in [1.82, 2.24) is 0 Å². The SMILES string of the molecule is C1C23c4c5c6c7c8c9c%10c%11c%12c(c%13c%14c2c2c4c4c6c6c%15c7c7c9c9c%10c%10c%12c%12c%13c%13c%14c%14c2c2c4c6c4c6c2c%14c2c%13c%13c%12c%10c%10c9c9c7c%15c4c4c9c%10c%13c2c64)C13C%111CC581. The van der Waals surface area contributed by atoms with Gasteiger partial charge >= 0.3 is 0 Å². The molecule has 252 valence electrons. The predicted octanol–water partition coefficient (Wildman–Crippen LogP) is 16.0. The predicted molar refractivity (Wildman–Crippen MR) is 258 cm³/mol. The first-order valence-corrected chi connectivity index (χ1v) is 23.9. The lowest BCUT2D eigenvalue weighted by Gasteiger charge is -2.42. The molecule has 0 bridgehead atoms. The molecule has 2 saturated carbocycles. The number of rotatable bonds is 0. The highest BCUT2D eigenvalue weighted by Gasteiger charge is 2.98. The molecule has 4 atom stereocenters. The van der Waals surface area contributed by atoms with E-state index in [0.717, 1.165) is 0 Å². The van der Waals surface area contributed by atoms with Gasteiger partial charge in [-0.1, -0.05) is 0 Å². The average Bonchev–Trinajstić information content (AvgIpc) is 3.95. The lowest BCUT2D eigenvalue weighted by atomic mass is 9.58. The third-order valence-electron chi connectivity index (χ3n) is 25.8. The van der Waals surface area contributed by atoms with Crippen molar-refractivity contribution < 1.29 is 0 Å². The number of hydrogen-bond donors (Lipinski definition) is 0. The molecule has 8 aliphatic rings. The van der Waals surface area contributed by atoms with E-state index in [1.54, 1.807) is 264 Å². The van der Waals surface area contributed by atoms with Gasteiger partial charge in [-0.15, -0.1) is 0 Å². The molecule has 0 radical (unpaired) electrons. The fourth-order valence-corrected chi connectivity index (χ4v) is 26.3. The van der Waals surface area contributed by atoms with Crippen LogP contribution in [0.3, 0.4) is 0 Å². The van der Waals surface area contributed by atoms with E-state index in [4.69, 9.17) is 0 Å². The van der Waals surface area contributed by atoms with Crippen LogP contribution in [0.25, 0.3) is 269 Å². The van der Waals surface area contributed by atoms with Gasteiger partial charge in [-0.05, 0) is 316 Å². The summed E-state index contributed by atoms with van der Waals surface area (Å²) in [6, 6.07) is 0. The minimum Gasteiger partial charge on any atom is -0.0265 e. The van der Waals surface area contributed by atoms with Crippen molar-refractivity contribution >= 4 is 269 Å². The van der Waals surface area contributed by atoms with Crippen LogP contribution in [0.5, 0.6) is 0 Å². The van der Waals surface area contributed by atoms with Crippen LogP contribution < -0.4 is 0 Å². The van der Waals surface area contributed by atoms with Crippen molar-refractivity contribution in [3.05, 3.63) is 33.4 Å². The van der Waals surface area contributed by atoms with Gasteiger partial charge in [0.2, 0.25) is 0 Å². The highest BCUT2D eigenvalue weighted by molar-refractivity contribution is 6.81. The average molecular weight is 749 g/mol. The van der Waals surface area contributed by atoms with E-state index >= 15 is 0 Å². The maximum atomic E-state index is 1.92. The second-order valence-corrected chi connectivity index (χ2v) is 25.0. The van der Waals surface area contributed by atoms with Gasteiger partial charge in [-0.25, -0.2) is 0 Å². The maximum Gasteiger partial charge on any atom is 0.0341 e. The van der Waals surface area contributed by atoms with Crippen molar-refractivity contribution in [2.75, 3.05) is 0 Å². The third-order valence-corrected chi connectivity index (χ3v) is 25.8. The van der Waals surface area contributed by atoms with Gasteiger partial charge < -0.3 is 0 Å². The van der Waals surface area contributed by atoms with Gasteiger partial charge in [-0.3, -0.25) is 0 Å². The molecule has 26 aromatic rings. The fraction of sp³-hybridized carbons (Fsp3) is 0.0968. The highest BCUT2D eigenvalue weighted by atomic mass is 15.0. The summed E-state index contributed by atoms with van der Waals surface area (Å²) < 4.78 is 0. The molecule has 0 aliphatic heterocycles. The van der Waals surface area contributed by atoms with Crippen molar-refractivity contribution in [2.24, 2.45) is 0 Å². The van der Waals surface area contributed by atoms with Gasteiger partial charge in [0.15, 0.2) is 0 Å². The minimum atomic E-state index is 0.111. The molecule has 26 aromatic carbocycles. The van der Waals surface area contributed by atoms with Gasteiger partial charge in [0.05, 0.1) is 0 Å². The smallest absolute Gasteiger partial charge is 0.0265 e. The molecule has 0 heteroatoms. The Balaban J connectivity index is 1.29. The fourth-order valence-electron chi connectivity index (χ4n) is 26.3. The number of hydrogen-bond acceptors (Lipinski definition) is 0. The molecule has 34 rings (SSSR count). The van der Waals surface area contributed by atoms with E-state index in [1.165, 1.54) is 12.8 Å². The Kier molecular flexibility index (Phi) is 1.45. The maximum absolute atomic E-state index is 1.92. The molecule has 4 unspecified atom stereocenters. The van der Waals surface area contributed by atoms with Crippen molar-refractivity contribution in [3.63, 3.8) is 0 Å². The molecule has 0 aromatic heterocycles. The van der Waals surface area contributed by atoms with Crippen LogP contribution in [0, 0.1) is 0 Å². The molecule has 0 nitrogen and oxygen atoms in total. The van der Waals surface area contributed by atoms with Crippen molar-refractivity contribution in [1.29, 1.82) is 0 Å². The molecule has 8 aliphatic carbocycles. The second kappa shape index (κ2) is 4.28. The molecule has 2 fully saturated rings. The molecule has 0 heterocycles. The van der Waals surface area contributed by atoms with E-state index in [0.29, 0.717) is 0 Å². The molecular formula is C62H4. The molecule has 0 amide bonds. The second-order valence-electron chi connectivity index (χ2n) is 25.0. The van der Waals surface area contributed by atoms with E-state index in [9.17, 15) is 0 Å². The van der Waals surface area contributed by atoms with Crippen LogP contribution in [0.1, 0.15) is 46.2 Å². The zero-order chi connectivity index (χ0) is 35.7. The Morgan fingerprint density at radius 2 is 0.274 bits per heavy atom. The number of benzene rings is 17. The summed E-state index contributed by atoms with van der Waals surface area (Å²) in [5.74, 6) is 0. The largest absolute Gasteiger partial charge is 0.0341 e. The summed E-state index contributed by atoms with van der Waals surface area (Å²) in [6.07, 6.45) is 2.73. The van der Waals surface area contributed by atoms with Gasteiger partial charge in [0.25, 0.3) is 0 Å². The molecule has 0 N–H and O–H groups in total. The lowest BCUT2D eigenvalue weighted by Crippen LogP contribution is -2.43. The van der Waals surface area contributed by atoms with E-state index in [-0.39, 0.29) is 21.7 Å². The summed E-state index contributed by atoms with van der Waals surface area (Å²) in [4.78, 5) is 0. The first kappa shape index (κ1) is 21.0. The topological polar surface area (TPSA) is 0 Å². The normalized spacial score (nSPS) is 29.4. The molecule has 62 heavy (non-hydrogen) atoms. The van der Waals surface area contributed by atoms with Gasteiger partial charge in [-0.2, -0.15) is 0 Å². The summed E-state index contributed by atoms with van der Waals surface area (Å²) >= 11 is 0. The Morgan fingerprint density at radius 3 is 0.484 bits per heavy atom. The monoisotopic (exact) mass is 748 g/mol. The molecular weight excluding hydrogens is 745 g/mol. The zero-order valence-electron chi connectivity index (χ0n) is 31.4. The molecule has 0 saturated heterocycles. The van der Waals surface area contributed by atoms with Crippen LogP contribution in [-0.4, -0.2) is 0 Å². The van der Waals surface area contributed by atoms with Crippen molar-refractivity contribution in [2.45, 2.75) is 34.5 Å². The van der Waals surface area contributed by atoms with E-state index < -0.39 is 0 Å². The Hall–Kier alpha value is -7.28. The van der Waals surface area contributed by atoms with Crippen molar-refractivity contribution in [3.8, 4) is 0 Å². The van der Waals surface area contributed by atoms with E-state index in [2.05, 4.69) is 0 Å². The first-order chi connectivity index (χ1) is 30.9. The van der Waals surface area contributed by atoms with Crippen LogP contribution in [0.2, 0.25) is 0 Å². The quantitative estimate of drug-likeness (QED) is 0.136. The van der Waals surface area contributed by atoms with Crippen LogP contribution in [0.15, 0.2) is 0 Å². The third kappa shape index (κ3) is 0.938. The summed E-state index contributed by atoms with van der Waals surface area (Å²) in [5, 5.41) is 86.6. The van der Waals surface area contributed by atoms with Crippen LogP contribution >= 0.6 is 0 Å². The highest BCUT2D eigenvalue weighted by Crippen LogP contribution is 3.01. The summed E-state index contributed by atoms with van der Waals surface area (Å²) in [7, 11) is 0. The summed E-state index contributed by atoms with van der Waals surface area (Å²) in [5.41, 5.74) is 12.0. The molecule has 4 spiro atoms. The van der Waals surface area contributed by atoms with E-state index in [1.807, 2.05) is 38.8 Å². The standard InChI is InChI=1S/C62H4/c1-59-53-44-37-29-20-12-5-3-4-6-8-7(5)14-18(12)31(37)39-33-22(14)23-15(8)19-13(6)21-17-10(4)11-9(3)16(20)25-27-24(11)28-26(17)36-30(21)38-32(19)40-34(23)43(33)52-55(48(39)44)61(1,59)62-2-60(62)54(45(38)49(40)56(52)62)47(36)51-42(28)41(27)50(46(53)35(25)29)57(59)58(51)60/h1-2H2.